The number of nitrogens with one attached hydrogen (secondary N) is 6. The van der Waals surface area contributed by atoms with Gasteiger partial charge >= 0.3 is 0 Å². The first kappa shape index (κ1) is 31.1. The fraction of sp³-hybridized carbons (Fsp3) is 0.0435. The molecule has 8 aromatic rings. The Morgan fingerprint density at radius 3 is 1.21 bits per heavy atom. The molecule has 0 fully saturated rings. The van der Waals surface area contributed by atoms with E-state index in [0.29, 0.717) is 0 Å². The smallest absolute Gasteiger partial charge is 0.0485 e. The number of H-pyrrole nitrogens is 4. The average molecular weight is 675 g/mol. The van der Waals surface area contributed by atoms with Crippen LogP contribution in [0.15, 0.2) is 158 Å². The minimum atomic E-state index is 0.779. The highest BCUT2D eigenvalue weighted by Gasteiger charge is 2.13. The highest BCUT2D eigenvalue weighted by atomic mass is 14.9. The lowest BCUT2D eigenvalue weighted by Crippen LogP contribution is -2.15. The third-order valence-corrected chi connectivity index (χ3v) is 9.56. The van der Waals surface area contributed by atoms with Gasteiger partial charge in [-0.2, -0.15) is 0 Å². The lowest BCUT2D eigenvalue weighted by molar-refractivity contribution is 1.15. The largest absolute Gasteiger partial charge is 0.381 e. The topological polar surface area (TPSA) is 87.2 Å². The first-order valence-corrected chi connectivity index (χ1v) is 17.7. The summed E-state index contributed by atoms with van der Waals surface area (Å²) in [5.41, 5.74) is 13.3. The third kappa shape index (κ3) is 6.65. The summed E-state index contributed by atoms with van der Waals surface area (Å²) in [6.45, 7) is 1.56. The van der Waals surface area contributed by atoms with Crippen LogP contribution in [0.25, 0.3) is 23.3 Å². The van der Waals surface area contributed by atoms with E-state index < -0.39 is 0 Å². The van der Waals surface area contributed by atoms with Crippen molar-refractivity contribution in [3.8, 4) is 0 Å². The van der Waals surface area contributed by atoms with Gasteiger partial charge in [0.25, 0.3) is 0 Å². The van der Waals surface area contributed by atoms with Gasteiger partial charge in [-0.1, -0.05) is 84.9 Å². The molecule has 6 heteroatoms. The number of benzene rings is 4. The molecule has 4 aromatic heterocycles. The third-order valence-electron chi connectivity index (χ3n) is 9.56. The number of hydrogen-bond acceptors (Lipinski definition) is 2. The van der Waals surface area contributed by atoms with E-state index in [0.717, 1.165) is 90.9 Å². The Morgan fingerprint density at radius 1 is 0.365 bits per heavy atom. The molecule has 0 spiro atoms. The van der Waals surface area contributed by atoms with Gasteiger partial charge in [-0.3, -0.25) is 0 Å². The van der Waals surface area contributed by atoms with E-state index in [-0.39, 0.29) is 0 Å². The van der Waals surface area contributed by atoms with Crippen molar-refractivity contribution in [2.45, 2.75) is 13.1 Å². The van der Waals surface area contributed by atoms with Crippen molar-refractivity contribution in [3.05, 3.63) is 224 Å². The standard InChI is InChI=1S/C46H38N6/c1-3-7-31(8-4-1)29-47-35-15-11-33(12-16-35)45-41-23-19-37(49-41)27-39-21-25-43(51-39)46(44-26-22-40(52-44)28-38-20-24-42(45)50-38)34-13-17-36(18-14-34)48-30-32-9-5-2-6-10-32/h1-28,47-52H,29-30H2. The number of aromatic amines is 4. The van der Waals surface area contributed by atoms with E-state index in [1.165, 1.54) is 11.1 Å². The van der Waals surface area contributed by atoms with Crippen LogP contribution in [-0.2, 0) is 13.1 Å². The summed E-state index contributed by atoms with van der Waals surface area (Å²) in [6, 6.07) is 55.5. The second-order valence-corrected chi connectivity index (χ2v) is 13.2. The molecule has 0 atom stereocenters. The molecule has 8 bridgehead atoms. The molecule has 0 unspecified atom stereocenters. The van der Waals surface area contributed by atoms with Gasteiger partial charge in [0, 0.05) is 79.8 Å². The van der Waals surface area contributed by atoms with Crippen LogP contribution in [0.3, 0.4) is 0 Å². The van der Waals surface area contributed by atoms with Crippen molar-refractivity contribution in [2.24, 2.45) is 0 Å². The van der Waals surface area contributed by atoms with Gasteiger partial charge < -0.3 is 30.6 Å². The molecule has 0 radical (unpaired) electrons. The SMILES string of the molecule is C1=c2ccc([nH]2)=C(c2ccc(NCc3ccccc3)cc2)c2ccc([nH]2)C=c2ccc([nH]2)=C(c2ccc(NCc3ccccc3)cc2)c2ccc1[nH]2. The maximum absolute atomic E-state index is 3.70. The highest BCUT2D eigenvalue weighted by molar-refractivity contribution is 5.80. The van der Waals surface area contributed by atoms with Crippen LogP contribution in [-0.4, -0.2) is 19.9 Å². The molecule has 5 heterocycles. The molecular formula is C46H38N6. The minimum absolute atomic E-state index is 0.779. The predicted octanol–water partition coefficient (Wildman–Crippen LogP) is 6.69. The van der Waals surface area contributed by atoms with Gasteiger partial charge in [0.1, 0.15) is 0 Å². The molecular weight excluding hydrogens is 637 g/mol. The molecule has 1 aliphatic rings. The fourth-order valence-corrected chi connectivity index (χ4v) is 6.92. The van der Waals surface area contributed by atoms with Crippen molar-refractivity contribution in [1.82, 2.24) is 19.9 Å². The van der Waals surface area contributed by atoms with Crippen LogP contribution in [0.4, 0.5) is 11.4 Å². The number of anilines is 2. The van der Waals surface area contributed by atoms with E-state index in [4.69, 9.17) is 0 Å². The van der Waals surface area contributed by atoms with Gasteiger partial charge in [-0.25, -0.2) is 0 Å². The van der Waals surface area contributed by atoms with Crippen LogP contribution in [0.2, 0.25) is 0 Å². The lowest BCUT2D eigenvalue weighted by atomic mass is 10.0. The number of aromatic nitrogens is 4. The number of rotatable bonds is 8. The fourth-order valence-electron chi connectivity index (χ4n) is 6.92. The highest BCUT2D eigenvalue weighted by Crippen LogP contribution is 2.24. The van der Waals surface area contributed by atoms with Crippen LogP contribution in [0.1, 0.15) is 45.0 Å². The number of fused-ring (bicyclic) bond motifs is 8. The molecule has 252 valence electrons. The summed E-state index contributed by atoms with van der Waals surface area (Å²) >= 11 is 0. The van der Waals surface area contributed by atoms with Gasteiger partial charge in [0.15, 0.2) is 0 Å². The second kappa shape index (κ2) is 13.8. The summed E-state index contributed by atoms with van der Waals surface area (Å²) < 4.78 is 0. The van der Waals surface area contributed by atoms with Crippen molar-refractivity contribution in [1.29, 1.82) is 0 Å². The summed E-state index contributed by atoms with van der Waals surface area (Å²) in [4.78, 5) is 14.8. The first-order valence-electron chi connectivity index (χ1n) is 17.7. The number of hydrogen-bond donors (Lipinski definition) is 6. The maximum atomic E-state index is 3.70. The van der Waals surface area contributed by atoms with E-state index in [9.17, 15) is 0 Å². The quantitative estimate of drug-likeness (QED) is 0.109. The van der Waals surface area contributed by atoms with E-state index in [1.54, 1.807) is 0 Å². The normalized spacial score (nSPS) is 12.2. The van der Waals surface area contributed by atoms with Crippen LogP contribution in [0, 0.1) is 0 Å². The zero-order valence-electron chi connectivity index (χ0n) is 28.6. The van der Waals surface area contributed by atoms with Gasteiger partial charge in [-0.15, -0.1) is 0 Å². The second-order valence-electron chi connectivity index (χ2n) is 13.2. The van der Waals surface area contributed by atoms with Crippen LogP contribution < -0.4 is 32.0 Å². The monoisotopic (exact) mass is 674 g/mol. The molecule has 52 heavy (non-hydrogen) atoms. The molecule has 0 aliphatic carbocycles. The molecule has 1 aliphatic heterocycles. The summed E-state index contributed by atoms with van der Waals surface area (Å²) in [5, 5.41) is 11.2. The Hall–Kier alpha value is -6.92. The van der Waals surface area contributed by atoms with Crippen LogP contribution >= 0.6 is 0 Å². The Morgan fingerprint density at radius 2 is 0.788 bits per heavy atom. The molecule has 0 amide bonds. The minimum Gasteiger partial charge on any atom is -0.381 e. The van der Waals surface area contributed by atoms with Crippen molar-refractivity contribution in [3.63, 3.8) is 0 Å². The molecule has 0 saturated heterocycles. The van der Waals surface area contributed by atoms with Gasteiger partial charge in [0.2, 0.25) is 0 Å². The zero-order chi connectivity index (χ0) is 34.7. The lowest BCUT2D eigenvalue weighted by Gasteiger charge is -2.10. The van der Waals surface area contributed by atoms with Crippen LogP contribution in [0.5, 0.6) is 0 Å². The Labute approximate surface area is 301 Å². The zero-order valence-corrected chi connectivity index (χ0v) is 28.6. The van der Waals surface area contributed by atoms with E-state index >= 15 is 0 Å². The van der Waals surface area contributed by atoms with Crippen molar-refractivity contribution >= 4 is 34.7 Å². The molecule has 9 rings (SSSR count). The molecule has 4 aromatic carbocycles. The van der Waals surface area contributed by atoms with Crippen molar-refractivity contribution < 1.29 is 0 Å². The summed E-state index contributed by atoms with van der Waals surface area (Å²) in [7, 11) is 0. The predicted molar refractivity (Wildman–Crippen MR) is 212 cm³/mol. The maximum Gasteiger partial charge on any atom is 0.0485 e. The molecule has 6 N–H and O–H groups in total. The Kier molecular flexibility index (Phi) is 8.23. The first-order chi connectivity index (χ1) is 25.7. The van der Waals surface area contributed by atoms with E-state index in [2.05, 4.69) is 188 Å². The summed E-state index contributed by atoms with van der Waals surface area (Å²) in [6.07, 6.45) is 4.32. The van der Waals surface area contributed by atoms with Gasteiger partial charge in [0.05, 0.1) is 0 Å². The Bertz CT molecular complexity index is 2520. The summed E-state index contributed by atoms with van der Waals surface area (Å²) in [5.74, 6) is 0. The Balaban J connectivity index is 1.08. The molecule has 0 saturated carbocycles. The van der Waals surface area contributed by atoms with Gasteiger partial charge in [-0.05, 0) is 107 Å². The molecule has 6 nitrogen and oxygen atoms in total. The van der Waals surface area contributed by atoms with E-state index in [1.807, 2.05) is 12.1 Å². The van der Waals surface area contributed by atoms with Crippen molar-refractivity contribution in [2.75, 3.05) is 10.6 Å². The average Bonchev–Trinajstić information content (AvgIpc) is 4.03.